The summed E-state index contributed by atoms with van der Waals surface area (Å²) in [6, 6.07) is 6.29. The molecule has 0 radical (unpaired) electrons. The molecule has 2 aliphatic rings. The van der Waals surface area contributed by atoms with E-state index in [4.69, 9.17) is 5.41 Å². The number of hydrogen-bond donors (Lipinski definition) is 1. The van der Waals surface area contributed by atoms with Gasteiger partial charge < -0.3 is 0 Å². The Morgan fingerprint density at radius 1 is 1.35 bits per heavy atom. The number of carbonyl (C=O) groups is 1. The smallest absolute Gasteiger partial charge is 0.252 e. The first-order valence-corrected chi connectivity index (χ1v) is 6.98. The minimum Gasteiger partial charge on any atom is -0.286 e. The van der Waals surface area contributed by atoms with E-state index in [1.165, 1.54) is 16.7 Å². The number of rotatable bonds is 1. The molecule has 1 aromatic carbocycles. The van der Waals surface area contributed by atoms with Crippen LogP contribution >= 0.6 is 0 Å². The fourth-order valence-corrected chi connectivity index (χ4v) is 3.24. The molecule has 0 bridgehead atoms. The maximum atomic E-state index is 12.2. The first kappa shape index (κ1) is 12.9. The highest BCUT2D eigenvalue weighted by molar-refractivity contribution is 6.14. The molecule has 1 atom stereocenters. The van der Waals surface area contributed by atoms with Gasteiger partial charge in [0, 0.05) is 11.6 Å². The summed E-state index contributed by atoms with van der Waals surface area (Å²) in [5.41, 5.74) is 4.57. The minimum atomic E-state index is -0.0818. The zero-order chi connectivity index (χ0) is 14.3. The average Bonchev–Trinajstić information content (AvgIpc) is 2.84. The van der Waals surface area contributed by atoms with Crippen LogP contribution in [-0.4, -0.2) is 16.6 Å². The summed E-state index contributed by atoms with van der Waals surface area (Å²) in [5, 5.41) is 8.30. The Labute approximate surface area is 119 Å². The van der Waals surface area contributed by atoms with E-state index in [2.05, 4.69) is 25.1 Å². The van der Waals surface area contributed by atoms with Gasteiger partial charge in [0.15, 0.2) is 0 Å². The molecule has 0 aromatic heterocycles. The second-order valence-corrected chi connectivity index (χ2v) is 5.34. The van der Waals surface area contributed by atoms with Gasteiger partial charge in [-0.25, -0.2) is 0 Å². The molecule has 1 aliphatic heterocycles. The Hall–Kier alpha value is -2.16. The Morgan fingerprint density at radius 3 is 2.90 bits per heavy atom. The maximum Gasteiger partial charge on any atom is 0.252 e. The Bertz CT molecular complexity index is 655. The quantitative estimate of drug-likeness (QED) is 0.832. The summed E-state index contributed by atoms with van der Waals surface area (Å²) in [6.45, 7) is 3.98. The van der Waals surface area contributed by atoms with Crippen LogP contribution in [-0.2, 0) is 11.2 Å². The molecule has 3 rings (SSSR count). The second kappa shape index (κ2) is 4.75. The fraction of sp³-hybridized carbons (Fsp3) is 0.294. The van der Waals surface area contributed by atoms with Gasteiger partial charge in [-0.05, 0) is 49.5 Å². The zero-order valence-corrected chi connectivity index (χ0v) is 11.8. The molecule has 1 aromatic rings. The molecule has 0 saturated carbocycles. The van der Waals surface area contributed by atoms with Crippen LogP contribution in [0.4, 0.5) is 0 Å². The van der Waals surface area contributed by atoms with Crippen molar-refractivity contribution in [3.8, 4) is 0 Å². The lowest BCUT2D eigenvalue weighted by atomic mass is 9.98. The third-order valence-electron chi connectivity index (χ3n) is 4.21. The van der Waals surface area contributed by atoms with Crippen LogP contribution < -0.4 is 0 Å². The average molecular weight is 266 g/mol. The molecule has 1 N–H and O–H groups in total. The number of hydrogen-bond acceptors (Lipinski definition) is 2. The normalized spacial score (nSPS) is 23.6. The minimum absolute atomic E-state index is 0.00565. The van der Waals surface area contributed by atoms with Crippen molar-refractivity contribution in [3.05, 3.63) is 58.7 Å². The molecule has 20 heavy (non-hydrogen) atoms. The summed E-state index contributed by atoms with van der Waals surface area (Å²) in [5.74, 6) is 0.239. The van der Waals surface area contributed by atoms with Gasteiger partial charge >= 0.3 is 0 Å². The van der Waals surface area contributed by atoms with Gasteiger partial charge in [-0.3, -0.25) is 15.1 Å². The predicted molar refractivity (Wildman–Crippen MR) is 79.7 cm³/mol. The van der Waals surface area contributed by atoms with Crippen molar-refractivity contribution >= 4 is 11.7 Å². The molecular formula is C17H18N2O. The Morgan fingerprint density at radius 2 is 2.15 bits per heavy atom. The monoisotopic (exact) mass is 266 g/mol. The van der Waals surface area contributed by atoms with E-state index in [0.717, 1.165) is 18.4 Å². The topological polar surface area (TPSA) is 44.2 Å². The SMILES string of the molecule is C/C=C1/C=CC(=O)N(C2CCc3cccc(C)c32)C1=N. The molecule has 1 amide bonds. The molecule has 0 fully saturated rings. The molecule has 102 valence electrons. The first-order valence-electron chi connectivity index (χ1n) is 6.98. The van der Waals surface area contributed by atoms with Crippen molar-refractivity contribution in [2.45, 2.75) is 32.7 Å². The number of nitrogens with one attached hydrogen (secondary N) is 1. The van der Waals surface area contributed by atoms with Crippen LogP contribution in [0.5, 0.6) is 0 Å². The maximum absolute atomic E-state index is 12.2. The van der Waals surface area contributed by atoms with E-state index in [9.17, 15) is 4.79 Å². The number of allylic oxidation sites excluding steroid dienone is 1. The molecule has 0 spiro atoms. The number of aryl methyl sites for hydroxylation is 2. The summed E-state index contributed by atoms with van der Waals surface area (Å²) in [6.07, 6.45) is 7.07. The van der Waals surface area contributed by atoms with Gasteiger partial charge in [0.05, 0.1) is 6.04 Å². The standard InChI is InChI=1S/C17H18N2O/c1-3-12-8-10-15(20)19(17(12)18)14-9-7-13-6-4-5-11(2)16(13)14/h3-6,8,10,14,18H,7,9H2,1-2H3/b12-3-,18-17?. The van der Waals surface area contributed by atoms with Gasteiger partial charge in [-0.1, -0.05) is 24.3 Å². The largest absolute Gasteiger partial charge is 0.286 e. The number of amidine groups is 1. The summed E-state index contributed by atoms with van der Waals surface area (Å²) < 4.78 is 0. The van der Waals surface area contributed by atoms with Crippen LogP contribution in [0.3, 0.4) is 0 Å². The summed E-state index contributed by atoms with van der Waals surface area (Å²) in [4.78, 5) is 13.9. The highest BCUT2D eigenvalue weighted by atomic mass is 16.2. The third kappa shape index (κ3) is 1.82. The van der Waals surface area contributed by atoms with Crippen molar-refractivity contribution in [1.82, 2.24) is 4.90 Å². The van der Waals surface area contributed by atoms with E-state index in [-0.39, 0.29) is 11.9 Å². The number of amides is 1. The molecular weight excluding hydrogens is 248 g/mol. The molecule has 1 heterocycles. The van der Waals surface area contributed by atoms with Gasteiger partial charge in [-0.2, -0.15) is 0 Å². The van der Waals surface area contributed by atoms with Crippen molar-refractivity contribution in [2.75, 3.05) is 0 Å². The van der Waals surface area contributed by atoms with Crippen molar-refractivity contribution in [2.24, 2.45) is 0 Å². The van der Waals surface area contributed by atoms with Crippen LogP contribution in [0.2, 0.25) is 0 Å². The number of benzene rings is 1. The van der Waals surface area contributed by atoms with E-state index in [1.54, 1.807) is 17.1 Å². The zero-order valence-electron chi connectivity index (χ0n) is 11.8. The lowest BCUT2D eigenvalue weighted by Gasteiger charge is -2.32. The van der Waals surface area contributed by atoms with Gasteiger partial charge in [0.2, 0.25) is 0 Å². The van der Waals surface area contributed by atoms with Crippen LogP contribution in [0, 0.1) is 12.3 Å². The highest BCUT2D eigenvalue weighted by Crippen LogP contribution is 2.39. The predicted octanol–water partition coefficient (Wildman–Crippen LogP) is 3.30. The van der Waals surface area contributed by atoms with E-state index < -0.39 is 0 Å². The van der Waals surface area contributed by atoms with Gasteiger partial charge in [-0.15, -0.1) is 0 Å². The number of nitrogens with zero attached hydrogens (tertiary/aromatic N) is 1. The van der Waals surface area contributed by atoms with Gasteiger partial charge in [0.1, 0.15) is 5.84 Å². The molecule has 1 aliphatic carbocycles. The Kier molecular flexibility index (Phi) is 3.05. The number of fused-ring (bicyclic) bond motifs is 1. The summed E-state index contributed by atoms with van der Waals surface area (Å²) >= 11 is 0. The van der Waals surface area contributed by atoms with Crippen molar-refractivity contribution in [3.63, 3.8) is 0 Å². The summed E-state index contributed by atoms with van der Waals surface area (Å²) in [7, 11) is 0. The molecule has 3 heteroatoms. The Balaban J connectivity index is 2.06. The first-order chi connectivity index (χ1) is 9.63. The molecule has 1 unspecified atom stereocenters. The highest BCUT2D eigenvalue weighted by Gasteiger charge is 2.35. The van der Waals surface area contributed by atoms with E-state index in [0.29, 0.717) is 5.84 Å². The van der Waals surface area contributed by atoms with Crippen LogP contribution in [0.25, 0.3) is 0 Å². The third-order valence-corrected chi connectivity index (χ3v) is 4.21. The second-order valence-electron chi connectivity index (χ2n) is 5.34. The number of carbonyl (C=O) groups excluding carboxylic acids is 1. The van der Waals surface area contributed by atoms with Crippen molar-refractivity contribution < 1.29 is 4.79 Å². The van der Waals surface area contributed by atoms with Crippen molar-refractivity contribution in [1.29, 1.82) is 5.41 Å². The molecule has 0 saturated heterocycles. The van der Waals surface area contributed by atoms with E-state index >= 15 is 0 Å². The van der Waals surface area contributed by atoms with Crippen LogP contribution in [0.15, 0.2) is 42.0 Å². The fourth-order valence-electron chi connectivity index (χ4n) is 3.24. The van der Waals surface area contributed by atoms with Crippen LogP contribution in [0.1, 0.15) is 36.1 Å². The van der Waals surface area contributed by atoms with Gasteiger partial charge in [0.25, 0.3) is 5.91 Å². The molecule has 3 nitrogen and oxygen atoms in total. The lowest BCUT2D eigenvalue weighted by Crippen LogP contribution is -2.40. The van der Waals surface area contributed by atoms with E-state index in [1.807, 2.05) is 13.0 Å². The lowest BCUT2D eigenvalue weighted by molar-refractivity contribution is -0.124.